The van der Waals surface area contributed by atoms with E-state index < -0.39 is 11.8 Å². The highest BCUT2D eigenvalue weighted by molar-refractivity contribution is 6.33. The third-order valence-corrected chi connectivity index (χ3v) is 6.89. The minimum absolute atomic E-state index is 0.0241. The molecule has 3 heterocycles. The Hall–Kier alpha value is -4.14. The summed E-state index contributed by atoms with van der Waals surface area (Å²) in [4.78, 5) is 65.3. The average Bonchev–Trinajstić information content (AvgIpc) is 3.16. The minimum atomic E-state index is -0.541. The Bertz CT molecular complexity index is 1310. The number of carbonyl (C=O) groups excluding carboxylic acids is 4. The first-order chi connectivity index (χ1) is 17.4. The fraction of sp³-hybridized carbons (Fsp3) is 0.333. The molecule has 2 aliphatic rings. The number of imide groups is 1. The average molecular weight is 486 g/mol. The van der Waals surface area contributed by atoms with Gasteiger partial charge in [-0.15, -0.1) is 0 Å². The van der Waals surface area contributed by atoms with Crippen LogP contribution >= 0.6 is 0 Å². The number of hydrogen-bond acceptors (Lipinski definition) is 6. The molecular weight excluding hydrogens is 458 g/mol. The molecule has 3 aromatic rings. The van der Waals surface area contributed by atoms with Gasteiger partial charge < -0.3 is 9.80 Å². The molecule has 36 heavy (non-hydrogen) atoms. The van der Waals surface area contributed by atoms with Gasteiger partial charge in [-0.3, -0.25) is 19.2 Å². The Balaban J connectivity index is 1.33. The standard InChI is InChI=1S/C27H27N5O4/c1-3-30(4-2)25(34)18-8-7-15-31(16-18)24(33)17-11-13-19(14-12-17)32-26(35)22-23(27(32)36)29-21-10-6-5-9-20(21)28-22/h5-6,9-14,18H,3-4,7-8,15-16H2,1-2H3/t18-/m1/s1. The van der Waals surface area contributed by atoms with Gasteiger partial charge in [0.25, 0.3) is 17.7 Å². The molecule has 1 atom stereocenters. The van der Waals surface area contributed by atoms with Crippen molar-refractivity contribution in [2.75, 3.05) is 31.1 Å². The van der Waals surface area contributed by atoms with Gasteiger partial charge >= 0.3 is 0 Å². The van der Waals surface area contributed by atoms with Crippen molar-refractivity contribution in [1.82, 2.24) is 19.8 Å². The van der Waals surface area contributed by atoms with Crippen molar-refractivity contribution in [3.8, 4) is 0 Å². The van der Waals surface area contributed by atoms with Crippen molar-refractivity contribution in [2.24, 2.45) is 5.92 Å². The van der Waals surface area contributed by atoms with Crippen molar-refractivity contribution in [3.63, 3.8) is 0 Å². The van der Waals surface area contributed by atoms with Gasteiger partial charge in [-0.1, -0.05) is 12.1 Å². The molecule has 0 saturated carbocycles. The minimum Gasteiger partial charge on any atom is -0.343 e. The summed E-state index contributed by atoms with van der Waals surface area (Å²) in [7, 11) is 0. The molecule has 1 saturated heterocycles. The summed E-state index contributed by atoms with van der Waals surface area (Å²) in [6.45, 7) is 6.19. The topological polar surface area (TPSA) is 104 Å². The third-order valence-electron chi connectivity index (χ3n) is 6.89. The lowest BCUT2D eigenvalue weighted by atomic mass is 9.95. The van der Waals surface area contributed by atoms with E-state index in [4.69, 9.17) is 0 Å². The summed E-state index contributed by atoms with van der Waals surface area (Å²) >= 11 is 0. The molecule has 0 radical (unpaired) electrons. The highest BCUT2D eigenvalue weighted by Gasteiger charge is 2.40. The number of anilines is 1. The maximum atomic E-state index is 13.2. The summed E-state index contributed by atoms with van der Waals surface area (Å²) in [6.07, 6.45) is 1.54. The smallest absolute Gasteiger partial charge is 0.286 e. The number of aromatic nitrogens is 2. The predicted molar refractivity (Wildman–Crippen MR) is 134 cm³/mol. The van der Waals surface area contributed by atoms with E-state index in [-0.39, 0.29) is 29.1 Å². The SMILES string of the molecule is CCN(CC)C(=O)[C@@H]1CCCN(C(=O)c2ccc(N3C(=O)c4nc5ccccc5nc4C3=O)cc2)C1. The van der Waals surface area contributed by atoms with Crippen LogP contribution in [0, 0.1) is 5.92 Å². The number of benzene rings is 2. The molecule has 0 N–H and O–H groups in total. The molecule has 9 nitrogen and oxygen atoms in total. The second-order valence-electron chi connectivity index (χ2n) is 9.00. The second kappa shape index (κ2) is 9.49. The first kappa shape index (κ1) is 23.6. The van der Waals surface area contributed by atoms with Crippen LogP contribution in [-0.2, 0) is 4.79 Å². The van der Waals surface area contributed by atoms with Gasteiger partial charge in [-0.05, 0) is 63.1 Å². The molecule has 4 amide bonds. The largest absolute Gasteiger partial charge is 0.343 e. The molecule has 2 aliphatic heterocycles. The van der Waals surface area contributed by atoms with Crippen molar-refractivity contribution >= 4 is 40.3 Å². The summed E-state index contributed by atoms with van der Waals surface area (Å²) < 4.78 is 0. The highest BCUT2D eigenvalue weighted by Crippen LogP contribution is 2.28. The lowest BCUT2D eigenvalue weighted by molar-refractivity contribution is -0.136. The van der Waals surface area contributed by atoms with E-state index in [0.717, 1.165) is 17.7 Å². The molecule has 2 aromatic carbocycles. The van der Waals surface area contributed by atoms with Crippen LogP contribution in [0.1, 0.15) is 58.0 Å². The monoisotopic (exact) mass is 485 g/mol. The molecular formula is C27H27N5O4. The van der Waals surface area contributed by atoms with Gasteiger partial charge in [0.05, 0.1) is 22.6 Å². The maximum absolute atomic E-state index is 13.2. The quantitative estimate of drug-likeness (QED) is 0.515. The van der Waals surface area contributed by atoms with Crippen molar-refractivity contribution in [3.05, 3.63) is 65.5 Å². The van der Waals surface area contributed by atoms with Gasteiger partial charge in [0.15, 0.2) is 11.4 Å². The third kappa shape index (κ3) is 4.00. The van der Waals surface area contributed by atoms with Gasteiger partial charge in [-0.25, -0.2) is 14.9 Å². The first-order valence-corrected chi connectivity index (χ1v) is 12.3. The van der Waals surface area contributed by atoms with Crippen LogP contribution in [0.4, 0.5) is 5.69 Å². The molecule has 0 aliphatic carbocycles. The van der Waals surface area contributed by atoms with Crippen LogP contribution in [0.5, 0.6) is 0 Å². The molecule has 1 fully saturated rings. The van der Waals surface area contributed by atoms with E-state index >= 15 is 0 Å². The normalized spacial score (nSPS) is 17.4. The summed E-state index contributed by atoms with van der Waals surface area (Å²) in [6, 6.07) is 13.4. The van der Waals surface area contributed by atoms with Crippen LogP contribution in [0.2, 0.25) is 0 Å². The van der Waals surface area contributed by atoms with E-state index in [0.29, 0.717) is 48.5 Å². The number of hydrogen-bond donors (Lipinski definition) is 0. The van der Waals surface area contributed by atoms with E-state index in [1.165, 1.54) is 0 Å². The molecule has 1 aromatic heterocycles. The van der Waals surface area contributed by atoms with Crippen LogP contribution < -0.4 is 4.90 Å². The Morgan fingerprint density at radius 2 is 1.50 bits per heavy atom. The number of fused-ring (bicyclic) bond motifs is 2. The lowest BCUT2D eigenvalue weighted by Gasteiger charge is -2.34. The molecule has 5 rings (SSSR count). The molecule has 184 valence electrons. The Morgan fingerprint density at radius 3 is 2.06 bits per heavy atom. The van der Waals surface area contributed by atoms with E-state index in [1.807, 2.05) is 18.7 Å². The van der Waals surface area contributed by atoms with Crippen molar-refractivity contribution in [1.29, 1.82) is 0 Å². The highest BCUT2D eigenvalue weighted by atomic mass is 16.2. The maximum Gasteiger partial charge on any atom is 0.286 e. The molecule has 9 heteroatoms. The zero-order valence-corrected chi connectivity index (χ0v) is 20.3. The number of rotatable bonds is 5. The summed E-state index contributed by atoms with van der Waals surface area (Å²) in [5, 5.41) is 0. The number of piperidine rings is 1. The van der Waals surface area contributed by atoms with Crippen LogP contribution in [0.3, 0.4) is 0 Å². The van der Waals surface area contributed by atoms with E-state index in [2.05, 4.69) is 9.97 Å². The lowest BCUT2D eigenvalue weighted by Crippen LogP contribution is -2.46. The Kier molecular flexibility index (Phi) is 6.22. The predicted octanol–water partition coefficient (Wildman–Crippen LogP) is 3.15. The van der Waals surface area contributed by atoms with Crippen LogP contribution in [0.15, 0.2) is 48.5 Å². The van der Waals surface area contributed by atoms with Crippen LogP contribution in [0.25, 0.3) is 11.0 Å². The zero-order chi connectivity index (χ0) is 25.4. The van der Waals surface area contributed by atoms with Gasteiger partial charge in [0, 0.05) is 31.7 Å². The number of para-hydroxylation sites is 2. The van der Waals surface area contributed by atoms with Crippen molar-refractivity contribution in [2.45, 2.75) is 26.7 Å². The number of likely N-dealkylation sites (tertiary alicyclic amines) is 1. The summed E-state index contributed by atoms with van der Waals surface area (Å²) in [5.41, 5.74) is 1.91. The van der Waals surface area contributed by atoms with Gasteiger partial charge in [0.2, 0.25) is 5.91 Å². The molecule has 0 unspecified atom stereocenters. The van der Waals surface area contributed by atoms with Crippen LogP contribution in [-0.4, -0.2) is 69.6 Å². The van der Waals surface area contributed by atoms with Crippen molar-refractivity contribution < 1.29 is 19.2 Å². The van der Waals surface area contributed by atoms with E-state index in [1.54, 1.807) is 53.4 Å². The van der Waals surface area contributed by atoms with E-state index in [9.17, 15) is 19.2 Å². The van der Waals surface area contributed by atoms with Gasteiger partial charge in [-0.2, -0.15) is 0 Å². The Labute approximate surface area is 208 Å². The zero-order valence-electron chi connectivity index (χ0n) is 20.3. The fourth-order valence-corrected chi connectivity index (χ4v) is 4.93. The first-order valence-electron chi connectivity index (χ1n) is 12.3. The molecule has 0 spiro atoms. The Morgan fingerprint density at radius 1 is 0.917 bits per heavy atom. The number of nitrogens with zero attached hydrogens (tertiary/aromatic N) is 5. The molecule has 0 bridgehead atoms. The second-order valence-corrected chi connectivity index (χ2v) is 9.00. The number of carbonyl (C=O) groups is 4. The fourth-order valence-electron chi connectivity index (χ4n) is 4.93. The number of amides is 4. The summed E-state index contributed by atoms with van der Waals surface area (Å²) in [5.74, 6) is -1.36. The van der Waals surface area contributed by atoms with Gasteiger partial charge in [0.1, 0.15) is 0 Å².